The van der Waals surface area contributed by atoms with Gasteiger partial charge in [0.1, 0.15) is 0 Å². The first-order valence-electron chi connectivity index (χ1n) is 4.54. The predicted octanol–water partition coefficient (Wildman–Crippen LogP) is 0.718. The highest BCUT2D eigenvalue weighted by Crippen LogP contribution is 2.22. The van der Waals surface area contributed by atoms with Crippen molar-refractivity contribution in [3.8, 4) is 0 Å². The van der Waals surface area contributed by atoms with E-state index in [1.165, 1.54) is 0 Å². The summed E-state index contributed by atoms with van der Waals surface area (Å²) in [6.45, 7) is 4.59. The third-order valence-corrected chi connectivity index (χ3v) is 2.40. The Morgan fingerprint density at radius 2 is 2.31 bits per heavy atom. The van der Waals surface area contributed by atoms with Gasteiger partial charge in [-0.15, -0.1) is 0 Å². The van der Waals surface area contributed by atoms with Crippen molar-refractivity contribution in [3.63, 3.8) is 0 Å². The molecule has 1 saturated heterocycles. The number of carbonyl (C=O) groups excluding carboxylic acids is 1. The molecule has 1 heterocycles. The average molecular weight is 185 g/mol. The van der Waals surface area contributed by atoms with Crippen LogP contribution in [0.25, 0.3) is 0 Å². The van der Waals surface area contributed by atoms with Crippen LogP contribution in [0.2, 0.25) is 0 Å². The third-order valence-electron chi connectivity index (χ3n) is 2.40. The monoisotopic (exact) mass is 185 g/mol. The fraction of sp³-hybridized carbons (Fsp3) is 0.778. The number of carbonyl (C=O) groups is 2. The standard InChI is InChI=1S/C9H15NO3/c1-6(2)10-4-3-7(9(10)13)5-8(11)12/h6-7H,3-5H2,1-2H3,(H,11,12). The number of amides is 1. The molecule has 0 aromatic heterocycles. The highest BCUT2D eigenvalue weighted by Gasteiger charge is 2.33. The van der Waals surface area contributed by atoms with E-state index in [0.29, 0.717) is 13.0 Å². The van der Waals surface area contributed by atoms with Gasteiger partial charge < -0.3 is 10.0 Å². The summed E-state index contributed by atoms with van der Waals surface area (Å²) in [6.07, 6.45) is 0.658. The number of rotatable bonds is 3. The summed E-state index contributed by atoms with van der Waals surface area (Å²) in [5.41, 5.74) is 0. The zero-order valence-electron chi connectivity index (χ0n) is 7.99. The molecule has 0 aromatic carbocycles. The van der Waals surface area contributed by atoms with E-state index in [1.54, 1.807) is 4.90 Å². The van der Waals surface area contributed by atoms with Crippen LogP contribution in [-0.4, -0.2) is 34.5 Å². The van der Waals surface area contributed by atoms with E-state index in [1.807, 2.05) is 13.8 Å². The first-order chi connectivity index (χ1) is 6.02. The molecule has 4 nitrogen and oxygen atoms in total. The molecule has 0 radical (unpaired) electrons. The molecule has 0 saturated carbocycles. The largest absolute Gasteiger partial charge is 0.481 e. The average Bonchev–Trinajstić information content (AvgIpc) is 2.32. The van der Waals surface area contributed by atoms with Crippen molar-refractivity contribution in [3.05, 3.63) is 0 Å². The van der Waals surface area contributed by atoms with E-state index in [2.05, 4.69) is 0 Å². The van der Waals surface area contributed by atoms with E-state index in [0.717, 1.165) is 0 Å². The Labute approximate surface area is 77.5 Å². The van der Waals surface area contributed by atoms with E-state index >= 15 is 0 Å². The second-order valence-electron chi connectivity index (χ2n) is 3.71. The molecule has 0 bridgehead atoms. The molecule has 1 amide bonds. The SMILES string of the molecule is CC(C)N1CCC(CC(=O)O)C1=O. The lowest BCUT2D eigenvalue weighted by molar-refractivity contribution is -0.142. The Kier molecular flexibility index (Phi) is 2.90. The second kappa shape index (κ2) is 3.77. The Morgan fingerprint density at radius 1 is 1.69 bits per heavy atom. The minimum absolute atomic E-state index is 0.00241. The molecule has 1 fully saturated rings. The lowest BCUT2D eigenvalue weighted by atomic mass is 10.0. The van der Waals surface area contributed by atoms with Gasteiger partial charge in [-0.05, 0) is 20.3 Å². The Morgan fingerprint density at radius 3 is 2.69 bits per heavy atom. The lowest BCUT2D eigenvalue weighted by Gasteiger charge is -2.20. The van der Waals surface area contributed by atoms with E-state index < -0.39 is 5.97 Å². The van der Waals surface area contributed by atoms with Gasteiger partial charge >= 0.3 is 5.97 Å². The zero-order chi connectivity index (χ0) is 10.0. The third kappa shape index (κ3) is 2.20. The zero-order valence-corrected chi connectivity index (χ0v) is 7.99. The maximum absolute atomic E-state index is 11.5. The number of nitrogens with zero attached hydrogens (tertiary/aromatic N) is 1. The van der Waals surface area contributed by atoms with Crippen LogP contribution in [-0.2, 0) is 9.59 Å². The van der Waals surface area contributed by atoms with Crippen molar-refractivity contribution >= 4 is 11.9 Å². The molecule has 4 heteroatoms. The molecular formula is C9H15NO3. The molecule has 74 valence electrons. The highest BCUT2D eigenvalue weighted by molar-refractivity contribution is 5.85. The Bertz CT molecular complexity index is 225. The number of hydrogen-bond acceptors (Lipinski definition) is 2. The van der Waals surface area contributed by atoms with Crippen molar-refractivity contribution in [1.82, 2.24) is 4.90 Å². The van der Waals surface area contributed by atoms with Crippen molar-refractivity contribution < 1.29 is 14.7 Å². The maximum Gasteiger partial charge on any atom is 0.304 e. The summed E-state index contributed by atoms with van der Waals surface area (Å²) in [5, 5.41) is 8.55. The number of likely N-dealkylation sites (tertiary alicyclic amines) is 1. The van der Waals surface area contributed by atoms with Crippen LogP contribution in [0.1, 0.15) is 26.7 Å². The molecule has 1 atom stereocenters. The molecule has 0 spiro atoms. The predicted molar refractivity (Wildman–Crippen MR) is 47.2 cm³/mol. The van der Waals surface area contributed by atoms with E-state index in [-0.39, 0.29) is 24.3 Å². The van der Waals surface area contributed by atoms with Crippen molar-refractivity contribution in [2.75, 3.05) is 6.54 Å². The quantitative estimate of drug-likeness (QED) is 0.704. The Balaban J connectivity index is 2.55. The van der Waals surface area contributed by atoms with Crippen molar-refractivity contribution in [1.29, 1.82) is 0 Å². The van der Waals surface area contributed by atoms with Gasteiger partial charge in [0.2, 0.25) is 5.91 Å². The summed E-state index contributed by atoms with van der Waals surface area (Å²) in [5.74, 6) is -1.18. The number of hydrogen-bond donors (Lipinski definition) is 1. The van der Waals surface area contributed by atoms with Crippen LogP contribution in [0.15, 0.2) is 0 Å². The minimum Gasteiger partial charge on any atom is -0.481 e. The van der Waals surface area contributed by atoms with Crippen LogP contribution in [0.5, 0.6) is 0 Å². The molecule has 1 aliphatic heterocycles. The van der Waals surface area contributed by atoms with Crippen LogP contribution in [0, 0.1) is 5.92 Å². The second-order valence-corrected chi connectivity index (χ2v) is 3.71. The van der Waals surface area contributed by atoms with Crippen LogP contribution < -0.4 is 0 Å². The van der Waals surface area contributed by atoms with Gasteiger partial charge in [-0.2, -0.15) is 0 Å². The lowest BCUT2D eigenvalue weighted by Crippen LogP contribution is -2.33. The number of carboxylic acid groups (broad SMARTS) is 1. The van der Waals surface area contributed by atoms with Gasteiger partial charge in [-0.3, -0.25) is 9.59 Å². The summed E-state index contributed by atoms with van der Waals surface area (Å²) in [4.78, 5) is 23.7. The van der Waals surface area contributed by atoms with Crippen LogP contribution >= 0.6 is 0 Å². The topological polar surface area (TPSA) is 57.6 Å². The summed E-state index contributed by atoms with van der Waals surface area (Å²) in [7, 11) is 0. The van der Waals surface area contributed by atoms with E-state index in [9.17, 15) is 9.59 Å². The van der Waals surface area contributed by atoms with Gasteiger partial charge in [0.25, 0.3) is 0 Å². The van der Waals surface area contributed by atoms with Gasteiger partial charge in [0.05, 0.1) is 12.3 Å². The summed E-state index contributed by atoms with van der Waals surface area (Å²) < 4.78 is 0. The molecule has 0 aliphatic carbocycles. The Hall–Kier alpha value is -1.06. The first-order valence-corrected chi connectivity index (χ1v) is 4.54. The molecular weight excluding hydrogens is 170 g/mol. The van der Waals surface area contributed by atoms with Crippen LogP contribution in [0.3, 0.4) is 0 Å². The summed E-state index contributed by atoms with van der Waals surface area (Å²) >= 11 is 0. The van der Waals surface area contributed by atoms with Crippen molar-refractivity contribution in [2.24, 2.45) is 5.92 Å². The van der Waals surface area contributed by atoms with Crippen LogP contribution in [0.4, 0.5) is 0 Å². The minimum atomic E-state index is -0.885. The number of aliphatic carboxylic acids is 1. The summed E-state index contributed by atoms with van der Waals surface area (Å²) in [6, 6.07) is 0.186. The van der Waals surface area contributed by atoms with Gasteiger partial charge in [-0.25, -0.2) is 0 Å². The molecule has 1 N–H and O–H groups in total. The van der Waals surface area contributed by atoms with Gasteiger partial charge in [0.15, 0.2) is 0 Å². The first kappa shape index (κ1) is 10.0. The van der Waals surface area contributed by atoms with Crippen molar-refractivity contribution in [2.45, 2.75) is 32.7 Å². The van der Waals surface area contributed by atoms with Gasteiger partial charge in [0, 0.05) is 12.6 Å². The normalized spacial score (nSPS) is 22.8. The molecule has 1 rings (SSSR count). The maximum atomic E-state index is 11.5. The highest BCUT2D eigenvalue weighted by atomic mass is 16.4. The van der Waals surface area contributed by atoms with E-state index in [4.69, 9.17) is 5.11 Å². The fourth-order valence-corrected chi connectivity index (χ4v) is 1.68. The number of carboxylic acids is 1. The molecule has 13 heavy (non-hydrogen) atoms. The smallest absolute Gasteiger partial charge is 0.304 e. The molecule has 1 aliphatic rings. The fourth-order valence-electron chi connectivity index (χ4n) is 1.68. The van der Waals surface area contributed by atoms with Gasteiger partial charge in [-0.1, -0.05) is 0 Å². The molecule has 1 unspecified atom stereocenters. The molecule has 0 aromatic rings.